The van der Waals surface area contributed by atoms with Crippen molar-refractivity contribution < 1.29 is 19.1 Å². The van der Waals surface area contributed by atoms with Crippen LogP contribution in [0.25, 0.3) is 0 Å². The Morgan fingerprint density at radius 1 is 1.00 bits per heavy atom. The molecule has 1 unspecified atom stereocenters. The van der Waals surface area contributed by atoms with Crippen molar-refractivity contribution in [2.24, 2.45) is 0 Å². The molecule has 3 N–H and O–H groups in total. The van der Waals surface area contributed by atoms with Gasteiger partial charge in [-0.1, -0.05) is 13.0 Å². The van der Waals surface area contributed by atoms with Crippen molar-refractivity contribution in [3.63, 3.8) is 0 Å². The van der Waals surface area contributed by atoms with Gasteiger partial charge in [0.05, 0.1) is 13.2 Å². The molecule has 0 saturated carbocycles. The van der Waals surface area contributed by atoms with Crippen LogP contribution in [-0.2, 0) is 9.53 Å². The van der Waals surface area contributed by atoms with E-state index < -0.39 is 0 Å². The number of carbonyl (C=O) groups excluding carboxylic acids is 2. The van der Waals surface area contributed by atoms with E-state index in [2.05, 4.69) is 16.0 Å². The van der Waals surface area contributed by atoms with E-state index in [1.54, 1.807) is 36.4 Å². The van der Waals surface area contributed by atoms with Crippen LogP contribution in [0.1, 0.15) is 37.6 Å². The van der Waals surface area contributed by atoms with Gasteiger partial charge in [0.15, 0.2) is 0 Å². The second kappa shape index (κ2) is 12.5. The number of anilines is 2. The van der Waals surface area contributed by atoms with Gasteiger partial charge in [-0.05, 0) is 56.7 Å². The summed E-state index contributed by atoms with van der Waals surface area (Å²) in [5.74, 6) is 0.392. The molecule has 0 aliphatic carbocycles. The maximum absolute atomic E-state index is 12.2. The van der Waals surface area contributed by atoms with Gasteiger partial charge in [0.25, 0.3) is 5.91 Å². The van der Waals surface area contributed by atoms with Crippen LogP contribution in [0.5, 0.6) is 5.75 Å². The molecule has 0 fully saturated rings. The molecule has 7 nitrogen and oxygen atoms in total. The molecule has 0 spiro atoms. The summed E-state index contributed by atoms with van der Waals surface area (Å²) in [5.41, 5.74) is 2.01. The molecule has 0 bridgehead atoms. The minimum atomic E-state index is -0.181. The minimum absolute atomic E-state index is 0.1000. The summed E-state index contributed by atoms with van der Waals surface area (Å²) < 4.78 is 10.8. The lowest BCUT2D eigenvalue weighted by Gasteiger charge is -2.12. The maximum atomic E-state index is 12.2. The Bertz CT molecular complexity index is 808. The van der Waals surface area contributed by atoms with Gasteiger partial charge in [-0.3, -0.25) is 9.59 Å². The fourth-order valence-corrected chi connectivity index (χ4v) is 2.56. The number of amides is 2. The van der Waals surface area contributed by atoms with E-state index in [9.17, 15) is 9.59 Å². The van der Waals surface area contributed by atoms with Gasteiger partial charge in [-0.15, -0.1) is 0 Å². The molecule has 0 radical (unpaired) electrons. The van der Waals surface area contributed by atoms with Gasteiger partial charge in [0, 0.05) is 35.7 Å². The first-order valence-corrected chi connectivity index (χ1v) is 10.3. The first-order chi connectivity index (χ1) is 14.5. The zero-order valence-corrected chi connectivity index (χ0v) is 17.9. The molecule has 0 aliphatic rings. The van der Waals surface area contributed by atoms with Crippen LogP contribution in [0, 0.1) is 0 Å². The lowest BCUT2D eigenvalue weighted by Crippen LogP contribution is -2.31. The Balaban J connectivity index is 1.80. The van der Waals surface area contributed by atoms with E-state index >= 15 is 0 Å². The van der Waals surface area contributed by atoms with Gasteiger partial charge in [-0.25, -0.2) is 0 Å². The molecule has 162 valence electrons. The highest BCUT2D eigenvalue weighted by Gasteiger charge is 2.09. The number of rotatable bonds is 12. The number of nitrogens with one attached hydrogen (secondary N) is 3. The molecule has 0 saturated heterocycles. The molecule has 7 heteroatoms. The van der Waals surface area contributed by atoms with Gasteiger partial charge in [-0.2, -0.15) is 0 Å². The number of hydrogen-bond acceptors (Lipinski definition) is 5. The highest BCUT2D eigenvalue weighted by atomic mass is 16.5. The fraction of sp³-hybridized carbons (Fsp3) is 0.391. The number of ether oxygens (including phenoxy) is 2. The lowest BCUT2D eigenvalue weighted by atomic mass is 10.1. The molecule has 30 heavy (non-hydrogen) atoms. The summed E-state index contributed by atoms with van der Waals surface area (Å²) in [6, 6.07) is 14.4. The number of hydrogen-bond donors (Lipinski definition) is 3. The van der Waals surface area contributed by atoms with E-state index in [1.807, 2.05) is 32.9 Å². The van der Waals surface area contributed by atoms with Crippen LogP contribution in [0.3, 0.4) is 0 Å². The third-order valence-corrected chi connectivity index (χ3v) is 4.41. The van der Waals surface area contributed by atoms with Crippen molar-refractivity contribution >= 4 is 23.2 Å². The lowest BCUT2D eigenvalue weighted by molar-refractivity contribution is -0.114. The summed E-state index contributed by atoms with van der Waals surface area (Å²) in [4.78, 5) is 24.3. The Kier molecular flexibility index (Phi) is 9.67. The SMILES string of the molecule is CCOCCOc1cccc(NC(=O)CNc2ccc(C(=O)NC(C)CC)cc2)c1. The highest BCUT2D eigenvalue weighted by molar-refractivity contribution is 5.95. The smallest absolute Gasteiger partial charge is 0.251 e. The van der Waals surface area contributed by atoms with Crippen LogP contribution >= 0.6 is 0 Å². The monoisotopic (exact) mass is 413 g/mol. The van der Waals surface area contributed by atoms with E-state index in [-0.39, 0.29) is 24.4 Å². The first kappa shape index (κ1) is 23.2. The largest absolute Gasteiger partial charge is 0.491 e. The van der Waals surface area contributed by atoms with Crippen molar-refractivity contribution in [1.82, 2.24) is 5.32 Å². The van der Waals surface area contributed by atoms with Crippen LogP contribution in [0.2, 0.25) is 0 Å². The van der Waals surface area contributed by atoms with E-state index in [4.69, 9.17) is 9.47 Å². The van der Waals surface area contributed by atoms with Crippen molar-refractivity contribution in [3.05, 3.63) is 54.1 Å². The predicted octanol–water partition coefficient (Wildman–Crippen LogP) is 3.68. The molecule has 0 aromatic heterocycles. The maximum Gasteiger partial charge on any atom is 0.251 e. The van der Waals surface area contributed by atoms with Crippen LogP contribution in [0.15, 0.2) is 48.5 Å². The van der Waals surface area contributed by atoms with Crippen LogP contribution < -0.4 is 20.7 Å². The normalized spacial score (nSPS) is 11.4. The third-order valence-electron chi connectivity index (χ3n) is 4.41. The summed E-state index contributed by atoms with van der Waals surface area (Å²) in [6.07, 6.45) is 0.878. The number of carbonyl (C=O) groups is 2. The molecular weight excluding hydrogens is 382 g/mol. The summed E-state index contributed by atoms with van der Waals surface area (Å²) in [5, 5.41) is 8.81. The first-order valence-electron chi connectivity index (χ1n) is 10.3. The van der Waals surface area contributed by atoms with Crippen LogP contribution in [0.4, 0.5) is 11.4 Å². The highest BCUT2D eigenvalue weighted by Crippen LogP contribution is 2.17. The summed E-state index contributed by atoms with van der Waals surface area (Å²) >= 11 is 0. The van der Waals surface area contributed by atoms with Gasteiger partial charge in [0.2, 0.25) is 5.91 Å². The van der Waals surface area contributed by atoms with Gasteiger partial charge < -0.3 is 25.4 Å². The Labute approximate surface area is 178 Å². The average molecular weight is 414 g/mol. The molecule has 2 rings (SSSR count). The van der Waals surface area contributed by atoms with Crippen molar-refractivity contribution in [2.75, 3.05) is 37.0 Å². The third kappa shape index (κ3) is 8.13. The quantitative estimate of drug-likeness (QED) is 0.462. The molecule has 2 amide bonds. The van der Waals surface area contributed by atoms with Crippen molar-refractivity contribution in [1.29, 1.82) is 0 Å². The predicted molar refractivity (Wildman–Crippen MR) is 119 cm³/mol. The molecule has 0 heterocycles. The molecule has 2 aromatic rings. The van der Waals surface area contributed by atoms with Gasteiger partial charge in [0.1, 0.15) is 12.4 Å². The van der Waals surface area contributed by atoms with Gasteiger partial charge >= 0.3 is 0 Å². The molecule has 0 aliphatic heterocycles. The van der Waals surface area contributed by atoms with E-state index in [1.165, 1.54) is 0 Å². The standard InChI is InChI=1S/C23H31N3O4/c1-4-17(3)25-23(28)18-9-11-19(12-10-18)24-16-22(27)26-20-7-6-8-21(15-20)30-14-13-29-5-2/h6-12,15,17,24H,4-5,13-14,16H2,1-3H3,(H,25,28)(H,26,27). The summed E-state index contributed by atoms with van der Waals surface area (Å²) in [7, 11) is 0. The Morgan fingerprint density at radius 2 is 1.77 bits per heavy atom. The van der Waals surface area contributed by atoms with E-state index in [0.29, 0.717) is 36.8 Å². The topological polar surface area (TPSA) is 88.7 Å². The molecule has 1 atom stereocenters. The van der Waals surface area contributed by atoms with Crippen molar-refractivity contribution in [2.45, 2.75) is 33.2 Å². The minimum Gasteiger partial charge on any atom is -0.491 e. The Morgan fingerprint density at radius 3 is 2.47 bits per heavy atom. The van der Waals surface area contributed by atoms with Crippen molar-refractivity contribution in [3.8, 4) is 5.75 Å². The average Bonchev–Trinajstić information content (AvgIpc) is 2.76. The molecule has 2 aromatic carbocycles. The zero-order chi connectivity index (χ0) is 21.8. The fourth-order valence-electron chi connectivity index (χ4n) is 2.56. The Hall–Kier alpha value is -3.06. The molecular formula is C23H31N3O4. The number of benzene rings is 2. The second-order valence-electron chi connectivity index (χ2n) is 6.84. The van der Waals surface area contributed by atoms with Crippen LogP contribution in [-0.4, -0.2) is 44.2 Å². The zero-order valence-electron chi connectivity index (χ0n) is 17.9. The van der Waals surface area contributed by atoms with E-state index in [0.717, 1.165) is 12.1 Å². The second-order valence-corrected chi connectivity index (χ2v) is 6.84. The summed E-state index contributed by atoms with van der Waals surface area (Å²) in [6.45, 7) is 7.66.